The molecule has 0 aromatic carbocycles. The Balaban J connectivity index is 0. The predicted molar refractivity (Wildman–Crippen MR) is 44.9 cm³/mol. The van der Waals surface area contributed by atoms with E-state index in [4.69, 9.17) is 39.1 Å². The molecule has 0 saturated heterocycles. The number of rotatable bonds is 3. The molecule has 0 rings (SSSR count). The van der Waals surface area contributed by atoms with E-state index in [1.54, 1.807) is 0 Å². The molecule has 0 fully saturated rings. The maximum Gasteiger partial charge on any atom is 0.466 e. The smallest absolute Gasteiger partial charge is 0.394 e. The van der Waals surface area contributed by atoms with Gasteiger partial charge in [0.2, 0.25) is 5.44 Å². The Morgan fingerprint density at radius 2 is 1.40 bits per heavy atom. The largest absolute Gasteiger partial charge is 0.466 e. The van der Waals surface area contributed by atoms with Crippen LogP contribution in [0.3, 0.4) is 0 Å². The second-order valence-corrected chi connectivity index (χ2v) is 4.71. The van der Waals surface area contributed by atoms with Crippen LogP contribution in [0.15, 0.2) is 0 Å². The molecule has 0 aliphatic carbocycles. The lowest BCUT2D eigenvalue weighted by Crippen LogP contribution is -2.35. The highest BCUT2D eigenvalue weighted by Crippen LogP contribution is 2.25. The van der Waals surface area contributed by atoms with Crippen LogP contribution in [0, 0.1) is 0 Å². The molecule has 0 aromatic rings. The average Bonchev–Trinajstić information content (AvgIpc) is 1.96. The fraction of sp³-hybridized carbons (Fsp3) is 1.00. The first-order valence-corrected chi connectivity index (χ1v) is 6.18. The van der Waals surface area contributed by atoms with Gasteiger partial charge in [-0.25, -0.2) is 4.57 Å². The summed E-state index contributed by atoms with van der Waals surface area (Å²) in [6, 6.07) is 0. The van der Waals surface area contributed by atoms with Gasteiger partial charge in [-0.05, 0) is 0 Å². The first-order chi connectivity index (χ1) is 6.39. The van der Waals surface area contributed by atoms with Gasteiger partial charge in [-0.15, -0.1) is 0 Å². The van der Waals surface area contributed by atoms with E-state index in [0.717, 1.165) is 0 Å². The molecule has 0 amide bonds. The molecule has 0 radical (unpaired) electrons. The minimum Gasteiger partial charge on any atom is -0.394 e. The summed E-state index contributed by atoms with van der Waals surface area (Å²) in [5, 5.41) is 24.9. The van der Waals surface area contributed by atoms with Gasteiger partial charge in [-0.1, -0.05) is 0 Å². The van der Waals surface area contributed by atoms with Crippen LogP contribution in [-0.4, -0.2) is 61.1 Å². The summed E-state index contributed by atoms with van der Waals surface area (Å²) in [4.78, 5) is 21.6. The van der Waals surface area contributed by atoms with Gasteiger partial charge in [0, 0.05) is 0 Å². The van der Waals surface area contributed by atoms with Crippen LogP contribution in [0.5, 0.6) is 0 Å². The van der Waals surface area contributed by atoms with Gasteiger partial charge in [-0.2, -0.15) is 8.42 Å². The summed E-state index contributed by atoms with van der Waals surface area (Å²) in [6.07, 6.45) is -1.87. The first-order valence-electron chi connectivity index (χ1n) is 3.11. The van der Waals surface area contributed by atoms with Gasteiger partial charge in [0.1, 0.15) is 6.10 Å². The van der Waals surface area contributed by atoms with Crippen molar-refractivity contribution in [1.29, 1.82) is 0 Å². The van der Waals surface area contributed by atoms with Gasteiger partial charge in [0.05, 0.1) is 6.61 Å². The van der Waals surface area contributed by atoms with Crippen LogP contribution in [0.4, 0.5) is 0 Å². The Kier molecular flexibility index (Phi) is 7.47. The topological polar surface area (TPSA) is 193 Å². The van der Waals surface area contributed by atoms with Crippen LogP contribution in [0.25, 0.3) is 0 Å². The van der Waals surface area contributed by atoms with Crippen LogP contribution < -0.4 is 0 Å². The third kappa shape index (κ3) is 13.9. The SMILES string of the molecule is O=P(O)(O)O.O=S(=O)(O)C(O)C(O)CO. The lowest BCUT2D eigenvalue weighted by molar-refractivity contribution is 0.0206. The second-order valence-electron chi connectivity index (χ2n) is 2.17. The highest BCUT2D eigenvalue weighted by Gasteiger charge is 2.27. The summed E-state index contributed by atoms with van der Waals surface area (Å²) < 4.78 is 36.9. The molecule has 0 aromatic heterocycles. The van der Waals surface area contributed by atoms with E-state index >= 15 is 0 Å². The van der Waals surface area contributed by atoms with Crippen molar-refractivity contribution in [3.63, 3.8) is 0 Å². The van der Waals surface area contributed by atoms with Crippen LogP contribution in [0.1, 0.15) is 0 Å². The van der Waals surface area contributed by atoms with Crippen molar-refractivity contribution >= 4 is 17.9 Å². The molecule has 0 aliphatic rings. The van der Waals surface area contributed by atoms with E-state index in [1.807, 2.05) is 0 Å². The summed E-state index contributed by atoms with van der Waals surface area (Å²) in [5.74, 6) is 0. The first kappa shape index (κ1) is 17.3. The molecule has 0 heterocycles. The molecular formula is C3H11O10PS. The molecule has 7 N–H and O–H groups in total. The van der Waals surface area contributed by atoms with Crippen molar-refractivity contribution < 1.29 is 47.5 Å². The van der Waals surface area contributed by atoms with E-state index in [1.165, 1.54) is 0 Å². The fourth-order valence-corrected chi connectivity index (χ4v) is 0.772. The third-order valence-electron chi connectivity index (χ3n) is 0.821. The molecular weight excluding hydrogens is 259 g/mol. The quantitative estimate of drug-likeness (QED) is 0.201. The lowest BCUT2D eigenvalue weighted by atomic mass is 10.4. The average molecular weight is 270 g/mol. The van der Waals surface area contributed by atoms with Crippen molar-refractivity contribution in [1.82, 2.24) is 0 Å². The van der Waals surface area contributed by atoms with Gasteiger partial charge in [0.25, 0.3) is 10.1 Å². The number of hydrogen-bond acceptors (Lipinski definition) is 6. The van der Waals surface area contributed by atoms with Crippen molar-refractivity contribution in [3.8, 4) is 0 Å². The Labute approximate surface area is 84.4 Å². The predicted octanol–water partition coefficient (Wildman–Crippen LogP) is -3.38. The van der Waals surface area contributed by atoms with Crippen molar-refractivity contribution in [2.45, 2.75) is 11.5 Å². The number of hydrogen-bond donors (Lipinski definition) is 7. The fourth-order valence-electron chi connectivity index (χ4n) is 0.289. The molecule has 15 heavy (non-hydrogen) atoms. The Hall–Kier alpha value is -0.100. The molecule has 0 spiro atoms. The lowest BCUT2D eigenvalue weighted by Gasteiger charge is -2.10. The maximum absolute atomic E-state index is 9.97. The van der Waals surface area contributed by atoms with Gasteiger partial charge < -0.3 is 30.0 Å². The zero-order valence-corrected chi connectivity index (χ0v) is 8.78. The molecule has 0 aliphatic heterocycles. The normalized spacial score (nSPS) is 16.2. The van der Waals surface area contributed by atoms with Crippen LogP contribution >= 0.6 is 7.82 Å². The zero-order valence-electron chi connectivity index (χ0n) is 7.07. The zero-order chi connectivity index (χ0) is 12.9. The Morgan fingerprint density at radius 3 is 1.47 bits per heavy atom. The van der Waals surface area contributed by atoms with E-state index in [2.05, 4.69) is 0 Å². The molecule has 0 saturated carbocycles. The van der Waals surface area contributed by atoms with Crippen molar-refractivity contribution in [3.05, 3.63) is 0 Å². The standard InChI is InChI=1S/C3H8O6S.H3O4P/c4-1-2(5)3(6)10(7,8)9;1-5(2,3)4/h2-6H,1H2,(H,7,8,9);(H3,1,2,3,4). The van der Waals surface area contributed by atoms with Gasteiger partial charge >= 0.3 is 7.82 Å². The summed E-state index contributed by atoms with van der Waals surface area (Å²) in [7, 11) is -9.31. The number of aliphatic hydroxyl groups is 3. The molecule has 10 nitrogen and oxygen atoms in total. The molecule has 2 atom stereocenters. The maximum atomic E-state index is 9.97. The van der Waals surface area contributed by atoms with E-state index < -0.39 is 36.1 Å². The van der Waals surface area contributed by atoms with Crippen LogP contribution in [-0.2, 0) is 14.7 Å². The monoisotopic (exact) mass is 270 g/mol. The minimum absolute atomic E-state index is 0.930. The third-order valence-corrected chi connectivity index (χ3v) is 1.75. The Bertz CT molecular complexity index is 294. The molecule has 94 valence electrons. The summed E-state index contributed by atoms with van der Waals surface area (Å²) in [6.45, 7) is -0.930. The summed E-state index contributed by atoms with van der Waals surface area (Å²) >= 11 is 0. The number of phosphoric acid groups is 1. The van der Waals surface area contributed by atoms with E-state index in [9.17, 15) is 8.42 Å². The van der Waals surface area contributed by atoms with Gasteiger partial charge in [0.15, 0.2) is 0 Å². The minimum atomic E-state index is -4.67. The van der Waals surface area contributed by atoms with Crippen molar-refractivity contribution in [2.24, 2.45) is 0 Å². The Morgan fingerprint density at radius 1 is 1.13 bits per heavy atom. The molecule has 0 bridgehead atoms. The van der Waals surface area contributed by atoms with Crippen LogP contribution in [0.2, 0.25) is 0 Å². The second kappa shape index (κ2) is 6.48. The molecule has 2 unspecified atom stereocenters. The highest BCUT2D eigenvalue weighted by atomic mass is 32.2. The number of aliphatic hydroxyl groups excluding tert-OH is 3. The summed E-state index contributed by atoms with van der Waals surface area (Å²) in [5.41, 5.74) is -2.34. The van der Waals surface area contributed by atoms with E-state index in [0.29, 0.717) is 0 Å². The van der Waals surface area contributed by atoms with Crippen molar-refractivity contribution in [2.75, 3.05) is 6.61 Å². The highest BCUT2D eigenvalue weighted by molar-refractivity contribution is 7.86. The van der Waals surface area contributed by atoms with E-state index in [-0.39, 0.29) is 0 Å². The molecule has 12 heteroatoms. The van der Waals surface area contributed by atoms with Gasteiger partial charge in [-0.3, -0.25) is 4.55 Å².